The zero-order chi connectivity index (χ0) is 9.14. The molecule has 0 aliphatic carbocycles. The van der Waals surface area contributed by atoms with Crippen molar-refractivity contribution in [3.63, 3.8) is 0 Å². The van der Waals surface area contributed by atoms with Gasteiger partial charge in [0.15, 0.2) is 0 Å². The van der Waals surface area contributed by atoms with Gasteiger partial charge in [-0.1, -0.05) is 29.8 Å². The van der Waals surface area contributed by atoms with E-state index in [1.807, 2.05) is 11.3 Å². The molecule has 1 unspecified atom stereocenters. The molecule has 1 heterocycles. The summed E-state index contributed by atoms with van der Waals surface area (Å²) in [5, 5.41) is 1.05. The molecule has 0 nitrogen and oxygen atoms in total. The molecule has 0 saturated carbocycles. The highest BCUT2D eigenvalue weighted by Crippen LogP contribution is 2.33. The Morgan fingerprint density at radius 2 is 2.08 bits per heavy atom. The van der Waals surface area contributed by atoms with E-state index in [0.29, 0.717) is 11.8 Å². The van der Waals surface area contributed by atoms with Gasteiger partial charge in [-0.05, 0) is 34.0 Å². The third-order valence-electron chi connectivity index (χ3n) is 1.93. The lowest BCUT2D eigenvalue weighted by molar-refractivity contribution is 0.552. The minimum atomic E-state index is 0.654. The van der Waals surface area contributed by atoms with E-state index in [9.17, 15) is 0 Å². The van der Waals surface area contributed by atoms with Gasteiger partial charge in [-0.3, -0.25) is 0 Å². The molecule has 0 saturated heterocycles. The standard InChI is InChI=1S/C9H12Br2S/c1-6(2)7(5-10)8-3-4-9(11)12-8/h3-4,6-7H,5H2,1-2H3. The van der Waals surface area contributed by atoms with Gasteiger partial charge in [0.2, 0.25) is 0 Å². The summed E-state index contributed by atoms with van der Waals surface area (Å²) in [6, 6.07) is 4.33. The Hall–Kier alpha value is 0.660. The molecule has 0 radical (unpaired) electrons. The van der Waals surface area contributed by atoms with Crippen molar-refractivity contribution in [2.45, 2.75) is 19.8 Å². The first-order chi connectivity index (χ1) is 5.65. The monoisotopic (exact) mass is 310 g/mol. The van der Waals surface area contributed by atoms with Crippen LogP contribution in [0.5, 0.6) is 0 Å². The van der Waals surface area contributed by atoms with Crippen LogP contribution in [0.15, 0.2) is 15.9 Å². The summed E-state index contributed by atoms with van der Waals surface area (Å²) in [6.07, 6.45) is 0. The largest absolute Gasteiger partial charge is 0.133 e. The van der Waals surface area contributed by atoms with Crippen LogP contribution >= 0.6 is 43.2 Å². The van der Waals surface area contributed by atoms with Crippen molar-refractivity contribution in [3.05, 3.63) is 20.8 Å². The maximum Gasteiger partial charge on any atom is 0.0701 e. The summed E-state index contributed by atoms with van der Waals surface area (Å²) in [5.74, 6) is 1.36. The van der Waals surface area contributed by atoms with Gasteiger partial charge in [-0.25, -0.2) is 0 Å². The van der Waals surface area contributed by atoms with Crippen molar-refractivity contribution in [1.29, 1.82) is 0 Å². The van der Waals surface area contributed by atoms with Crippen LogP contribution in [-0.4, -0.2) is 5.33 Å². The van der Waals surface area contributed by atoms with Crippen LogP contribution in [0.4, 0.5) is 0 Å². The molecule has 1 aromatic rings. The zero-order valence-corrected chi connectivity index (χ0v) is 11.2. The lowest BCUT2D eigenvalue weighted by atomic mass is 9.97. The highest BCUT2D eigenvalue weighted by Gasteiger charge is 2.15. The number of hydrogen-bond donors (Lipinski definition) is 0. The lowest BCUT2D eigenvalue weighted by Gasteiger charge is -2.15. The fourth-order valence-electron chi connectivity index (χ4n) is 1.11. The molecular weight excluding hydrogens is 300 g/mol. The van der Waals surface area contributed by atoms with Crippen LogP contribution in [0.3, 0.4) is 0 Å². The topological polar surface area (TPSA) is 0 Å². The number of alkyl halides is 1. The van der Waals surface area contributed by atoms with E-state index in [1.165, 1.54) is 8.66 Å². The summed E-state index contributed by atoms with van der Waals surface area (Å²) < 4.78 is 1.23. The molecule has 1 aromatic heterocycles. The molecular formula is C9H12Br2S. The maximum atomic E-state index is 3.55. The molecule has 0 aromatic carbocycles. The van der Waals surface area contributed by atoms with E-state index in [4.69, 9.17) is 0 Å². The highest BCUT2D eigenvalue weighted by molar-refractivity contribution is 9.11. The average Bonchev–Trinajstić information content (AvgIpc) is 2.37. The van der Waals surface area contributed by atoms with Gasteiger partial charge in [0, 0.05) is 16.1 Å². The molecule has 68 valence electrons. The first kappa shape index (κ1) is 10.7. The third-order valence-corrected chi connectivity index (χ3v) is 4.38. The maximum absolute atomic E-state index is 3.55. The number of rotatable bonds is 3. The van der Waals surface area contributed by atoms with Crippen molar-refractivity contribution < 1.29 is 0 Å². The van der Waals surface area contributed by atoms with E-state index in [1.54, 1.807) is 0 Å². The Kier molecular flexibility index (Phi) is 4.27. The van der Waals surface area contributed by atoms with Gasteiger partial charge >= 0.3 is 0 Å². The van der Waals surface area contributed by atoms with E-state index < -0.39 is 0 Å². The van der Waals surface area contributed by atoms with Crippen LogP contribution in [0, 0.1) is 5.92 Å². The lowest BCUT2D eigenvalue weighted by Crippen LogP contribution is -2.05. The highest BCUT2D eigenvalue weighted by atomic mass is 79.9. The minimum absolute atomic E-state index is 0.654. The van der Waals surface area contributed by atoms with Gasteiger partial charge in [0.25, 0.3) is 0 Å². The molecule has 0 spiro atoms. The Morgan fingerprint density at radius 1 is 1.42 bits per heavy atom. The van der Waals surface area contributed by atoms with Gasteiger partial charge in [-0.2, -0.15) is 0 Å². The predicted octanol–water partition coefficient (Wildman–Crippen LogP) is 4.65. The Bertz CT molecular complexity index is 242. The van der Waals surface area contributed by atoms with Crippen LogP contribution in [0.1, 0.15) is 24.6 Å². The normalized spacial score (nSPS) is 13.8. The predicted molar refractivity (Wildman–Crippen MR) is 63.4 cm³/mol. The average molecular weight is 312 g/mol. The SMILES string of the molecule is CC(C)C(CBr)c1ccc(Br)s1. The molecule has 0 amide bonds. The zero-order valence-electron chi connectivity index (χ0n) is 7.18. The summed E-state index contributed by atoms with van der Waals surface area (Å²) in [6.45, 7) is 4.53. The van der Waals surface area contributed by atoms with E-state index in [-0.39, 0.29) is 0 Å². The van der Waals surface area contributed by atoms with Crippen molar-refractivity contribution in [2.75, 3.05) is 5.33 Å². The summed E-state index contributed by atoms with van der Waals surface area (Å²) in [7, 11) is 0. The van der Waals surface area contributed by atoms with Crippen molar-refractivity contribution >= 4 is 43.2 Å². The molecule has 0 fully saturated rings. The second kappa shape index (κ2) is 4.77. The van der Waals surface area contributed by atoms with Gasteiger partial charge in [0.05, 0.1) is 3.79 Å². The first-order valence-electron chi connectivity index (χ1n) is 3.96. The molecule has 0 bridgehead atoms. The van der Waals surface area contributed by atoms with E-state index in [0.717, 1.165) is 5.33 Å². The minimum Gasteiger partial charge on any atom is -0.133 e. The molecule has 1 rings (SSSR count). The molecule has 3 heteroatoms. The second-order valence-corrected chi connectivity index (χ2v) is 6.29. The fraction of sp³-hybridized carbons (Fsp3) is 0.556. The number of halogens is 2. The smallest absolute Gasteiger partial charge is 0.0701 e. The second-order valence-electron chi connectivity index (χ2n) is 3.15. The van der Waals surface area contributed by atoms with Crippen molar-refractivity contribution in [3.8, 4) is 0 Å². The summed E-state index contributed by atoms with van der Waals surface area (Å²) in [5.41, 5.74) is 0. The molecule has 0 N–H and O–H groups in total. The Balaban J connectivity index is 2.80. The van der Waals surface area contributed by atoms with E-state index >= 15 is 0 Å². The van der Waals surface area contributed by atoms with Crippen molar-refractivity contribution in [2.24, 2.45) is 5.92 Å². The van der Waals surface area contributed by atoms with Crippen LogP contribution in [0.25, 0.3) is 0 Å². The van der Waals surface area contributed by atoms with Crippen LogP contribution in [-0.2, 0) is 0 Å². The molecule has 1 atom stereocenters. The third kappa shape index (κ3) is 2.57. The summed E-state index contributed by atoms with van der Waals surface area (Å²) >= 11 is 8.87. The Morgan fingerprint density at radius 3 is 2.42 bits per heavy atom. The van der Waals surface area contributed by atoms with Gasteiger partial charge in [0.1, 0.15) is 0 Å². The first-order valence-corrected chi connectivity index (χ1v) is 6.69. The quantitative estimate of drug-likeness (QED) is 0.713. The van der Waals surface area contributed by atoms with E-state index in [2.05, 4.69) is 57.8 Å². The molecule has 12 heavy (non-hydrogen) atoms. The van der Waals surface area contributed by atoms with Gasteiger partial charge < -0.3 is 0 Å². The summed E-state index contributed by atoms with van der Waals surface area (Å²) in [4.78, 5) is 1.47. The molecule has 0 aliphatic heterocycles. The van der Waals surface area contributed by atoms with Crippen LogP contribution in [0.2, 0.25) is 0 Å². The molecule has 0 aliphatic rings. The Labute approximate surface area is 94.6 Å². The fourth-order valence-corrected chi connectivity index (χ4v) is 4.12. The number of hydrogen-bond acceptors (Lipinski definition) is 1. The van der Waals surface area contributed by atoms with Gasteiger partial charge in [-0.15, -0.1) is 11.3 Å². The van der Waals surface area contributed by atoms with Crippen LogP contribution < -0.4 is 0 Å². The van der Waals surface area contributed by atoms with Crippen molar-refractivity contribution in [1.82, 2.24) is 0 Å². The number of thiophene rings is 1.